The normalized spacial score (nSPS) is 10.4. The Hall–Kier alpha value is -1.03. The van der Waals surface area contributed by atoms with Crippen LogP contribution in [0.1, 0.15) is 0 Å². The number of rotatable bonds is 2. The van der Waals surface area contributed by atoms with Gasteiger partial charge in [-0.3, -0.25) is 0 Å². The molecular formula is C8H8BrN3. The van der Waals surface area contributed by atoms with Crippen molar-refractivity contribution < 1.29 is 0 Å². The van der Waals surface area contributed by atoms with E-state index in [9.17, 15) is 0 Å². The summed E-state index contributed by atoms with van der Waals surface area (Å²) < 4.78 is 0. The Balaban J connectivity index is 2.46. The lowest BCUT2D eigenvalue weighted by Gasteiger charge is -2.00. The minimum absolute atomic E-state index is 0.757. The molecule has 0 aliphatic carbocycles. The van der Waals surface area contributed by atoms with Gasteiger partial charge in [-0.25, -0.2) is 4.98 Å². The van der Waals surface area contributed by atoms with Gasteiger partial charge in [-0.2, -0.15) is 0 Å². The van der Waals surface area contributed by atoms with Crippen molar-refractivity contribution in [3.8, 4) is 0 Å². The largest absolute Gasteiger partial charge is 0.375 e. The van der Waals surface area contributed by atoms with Gasteiger partial charge >= 0.3 is 0 Å². The summed E-state index contributed by atoms with van der Waals surface area (Å²) in [7, 11) is 0. The molecule has 0 aliphatic heterocycles. The molecule has 4 heteroatoms. The first kappa shape index (κ1) is 7.61. The monoisotopic (exact) mass is 225 g/mol. The van der Waals surface area contributed by atoms with Gasteiger partial charge in [0, 0.05) is 5.69 Å². The van der Waals surface area contributed by atoms with Crippen molar-refractivity contribution >= 4 is 32.7 Å². The maximum atomic E-state index is 4.12. The number of benzene rings is 1. The molecule has 2 aromatic rings. The lowest BCUT2D eigenvalue weighted by atomic mass is 10.3. The Kier molecular flexibility index (Phi) is 1.99. The summed E-state index contributed by atoms with van der Waals surface area (Å²) in [6.07, 6.45) is 1.70. The summed E-state index contributed by atoms with van der Waals surface area (Å²) in [5.74, 6) is 0. The number of hydrogen-bond donors (Lipinski definition) is 2. The zero-order valence-electron chi connectivity index (χ0n) is 6.34. The molecule has 1 heterocycles. The van der Waals surface area contributed by atoms with Crippen molar-refractivity contribution in [2.24, 2.45) is 0 Å². The van der Waals surface area contributed by atoms with Gasteiger partial charge in [-0.1, -0.05) is 15.9 Å². The maximum absolute atomic E-state index is 4.12. The number of nitrogens with one attached hydrogen (secondary N) is 2. The van der Waals surface area contributed by atoms with Crippen LogP contribution in [-0.2, 0) is 0 Å². The van der Waals surface area contributed by atoms with Crippen LogP contribution in [0.4, 0.5) is 5.69 Å². The Bertz CT molecular complexity index is 382. The van der Waals surface area contributed by atoms with E-state index in [0.29, 0.717) is 0 Å². The molecule has 0 aliphatic rings. The molecule has 62 valence electrons. The fraction of sp³-hybridized carbons (Fsp3) is 0.125. The topological polar surface area (TPSA) is 40.7 Å². The van der Waals surface area contributed by atoms with Crippen LogP contribution in [0.3, 0.4) is 0 Å². The van der Waals surface area contributed by atoms with E-state index < -0.39 is 0 Å². The first-order chi connectivity index (χ1) is 5.90. The van der Waals surface area contributed by atoms with Crippen LogP contribution in [0.5, 0.6) is 0 Å². The average molecular weight is 226 g/mol. The number of fused-ring (bicyclic) bond motifs is 1. The standard InChI is InChI=1S/C8H8BrN3/c9-4-10-6-1-2-7-8(3-6)12-5-11-7/h1-3,5,10H,4H2,(H,11,12). The molecule has 1 aromatic carbocycles. The predicted molar refractivity (Wildman–Crippen MR) is 53.5 cm³/mol. The van der Waals surface area contributed by atoms with E-state index in [1.54, 1.807) is 6.33 Å². The minimum atomic E-state index is 0.757. The van der Waals surface area contributed by atoms with Crippen LogP contribution in [0.15, 0.2) is 24.5 Å². The highest BCUT2D eigenvalue weighted by molar-refractivity contribution is 9.09. The van der Waals surface area contributed by atoms with Crippen LogP contribution in [0.2, 0.25) is 0 Å². The first-order valence-electron chi connectivity index (χ1n) is 3.63. The highest BCUT2D eigenvalue weighted by atomic mass is 79.9. The predicted octanol–water partition coefficient (Wildman–Crippen LogP) is 2.33. The zero-order chi connectivity index (χ0) is 8.39. The number of halogens is 1. The quantitative estimate of drug-likeness (QED) is 0.609. The number of imidazole rings is 1. The SMILES string of the molecule is BrCNc1ccc2nc[nH]c2c1. The van der Waals surface area contributed by atoms with E-state index in [4.69, 9.17) is 0 Å². The smallest absolute Gasteiger partial charge is 0.0931 e. The summed E-state index contributed by atoms with van der Waals surface area (Å²) in [6, 6.07) is 6.02. The van der Waals surface area contributed by atoms with E-state index in [1.807, 2.05) is 18.2 Å². The third-order valence-electron chi connectivity index (χ3n) is 1.69. The number of alkyl halides is 1. The Morgan fingerprint density at radius 2 is 2.42 bits per heavy atom. The van der Waals surface area contributed by atoms with E-state index in [2.05, 4.69) is 31.2 Å². The summed E-state index contributed by atoms with van der Waals surface area (Å²) in [4.78, 5) is 7.18. The number of aromatic amines is 1. The van der Waals surface area contributed by atoms with E-state index in [1.165, 1.54) is 0 Å². The molecule has 0 saturated carbocycles. The molecule has 0 bridgehead atoms. The lowest BCUT2D eigenvalue weighted by Crippen LogP contribution is -1.92. The molecule has 0 atom stereocenters. The third kappa shape index (κ3) is 1.30. The van der Waals surface area contributed by atoms with Crippen LogP contribution in [0, 0.1) is 0 Å². The molecule has 12 heavy (non-hydrogen) atoms. The Morgan fingerprint density at radius 3 is 3.25 bits per heavy atom. The molecule has 0 radical (unpaired) electrons. The molecule has 1 aromatic heterocycles. The Labute approximate surface area is 78.3 Å². The number of hydrogen-bond acceptors (Lipinski definition) is 2. The molecule has 0 unspecified atom stereocenters. The van der Waals surface area contributed by atoms with Gasteiger partial charge in [0.2, 0.25) is 0 Å². The van der Waals surface area contributed by atoms with Gasteiger partial charge in [0.25, 0.3) is 0 Å². The summed E-state index contributed by atoms with van der Waals surface area (Å²) >= 11 is 3.30. The molecule has 0 amide bonds. The van der Waals surface area contributed by atoms with Crippen molar-refractivity contribution in [1.29, 1.82) is 0 Å². The van der Waals surface area contributed by atoms with Gasteiger partial charge in [0.1, 0.15) is 0 Å². The second-order valence-electron chi connectivity index (χ2n) is 2.44. The van der Waals surface area contributed by atoms with Crippen molar-refractivity contribution in [1.82, 2.24) is 9.97 Å². The first-order valence-corrected chi connectivity index (χ1v) is 4.75. The van der Waals surface area contributed by atoms with Gasteiger partial charge in [-0.15, -0.1) is 0 Å². The number of H-pyrrole nitrogens is 1. The van der Waals surface area contributed by atoms with E-state index >= 15 is 0 Å². The molecule has 0 spiro atoms. The molecule has 3 nitrogen and oxygen atoms in total. The lowest BCUT2D eigenvalue weighted by molar-refractivity contribution is 1.34. The van der Waals surface area contributed by atoms with Gasteiger partial charge in [0.15, 0.2) is 0 Å². The van der Waals surface area contributed by atoms with Crippen LogP contribution in [-0.4, -0.2) is 15.4 Å². The van der Waals surface area contributed by atoms with Crippen molar-refractivity contribution in [3.63, 3.8) is 0 Å². The molecule has 0 saturated heterocycles. The molecular weight excluding hydrogens is 218 g/mol. The van der Waals surface area contributed by atoms with Crippen molar-refractivity contribution in [3.05, 3.63) is 24.5 Å². The molecule has 2 rings (SSSR count). The van der Waals surface area contributed by atoms with Crippen molar-refractivity contribution in [2.45, 2.75) is 0 Å². The highest BCUT2D eigenvalue weighted by Crippen LogP contribution is 2.15. The molecule has 0 fully saturated rings. The highest BCUT2D eigenvalue weighted by Gasteiger charge is 1.95. The van der Waals surface area contributed by atoms with Gasteiger partial charge < -0.3 is 10.3 Å². The van der Waals surface area contributed by atoms with E-state index in [0.717, 1.165) is 22.2 Å². The Morgan fingerprint density at radius 1 is 1.50 bits per heavy atom. The second-order valence-corrected chi connectivity index (χ2v) is 3.01. The van der Waals surface area contributed by atoms with Gasteiger partial charge in [-0.05, 0) is 18.2 Å². The second kappa shape index (κ2) is 3.15. The maximum Gasteiger partial charge on any atom is 0.0931 e. The third-order valence-corrected chi connectivity index (χ3v) is 1.97. The number of aromatic nitrogens is 2. The molecule has 2 N–H and O–H groups in total. The fourth-order valence-corrected chi connectivity index (χ4v) is 1.45. The number of nitrogens with zero attached hydrogens (tertiary/aromatic N) is 1. The van der Waals surface area contributed by atoms with Crippen LogP contribution >= 0.6 is 15.9 Å². The zero-order valence-corrected chi connectivity index (χ0v) is 7.93. The van der Waals surface area contributed by atoms with Crippen molar-refractivity contribution in [2.75, 3.05) is 10.8 Å². The summed E-state index contributed by atoms with van der Waals surface area (Å²) in [5, 5.41) is 3.16. The number of anilines is 1. The van der Waals surface area contributed by atoms with Crippen LogP contribution in [0.25, 0.3) is 11.0 Å². The minimum Gasteiger partial charge on any atom is -0.375 e. The summed E-state index contributed by atoms with van der Waals surface area (Å²) in [6.45, 7) is 0. The average Bonchev–Trinajstić information content (AvgIpc) is 2.51. The fourth-order valence-electron chi connectivity index (χ4n) is 1.12. The van der Waals surface area contributed by atoms with Gasteiger partial charge in [0.05, 0.1) is 22.8 Å². The van der Waals surface area contributed by atoms with Crippen LogP contribution < -0.4 is 5.32 Å². The summed E-state index contributed by atoms with van der Waals surface area (Å²) in [5.41, 5.74) is 3.90. The van der Waals surface area contributed by atoms with E-state index in [-0.39, 0.29) is 0 Å².